The lowest BCUT2D eigenvalue weighted by Gasteiger charge is -2.13. The average Bonchev–Trinajstić information content (AvgIpc) is 2.83. The Kier molecular flexibility index (Phi) is 2.95. The first-order chi connectivity index (χ1) is 7.27. The Labute approximate surface area is 90.4 Å². The standard InChI is InChI=1S/C11H19N3O/c1-8-10(7-12)11(15-2)14(13-8)9-5-3-4-6-9/h9H,3-7,12H2,1-2H3. The molecule has 1 heterocycles. The van der Waals surface area contributed by atoms with Gasteiger partial charge in [0.05, 0.1) is 24.4 Å². The van der Waals surface area contributed by atoms with Gasteiger partial charge >= 0.3 is 0 Å². The van der Waals surface area contributed by atoms with E-state index in [1.54, 1.807) is 7.11 Å². The highest BCUT2D eigenvalue weighted by Gasteiger charge is 2.23. The predicted molar refractivity (Wildman–Crippen MR) is 58.9 cm³/mol. The Hall–Kier alpha value is -1.03. The second-order valence-electron chi connectivity index (χ2n) is 4.16. The molecule has 84 valence electrons. The highest BCUT2D eigenvalue weighted by molar-refractivity contribution is 5.31. The van der Waals surface area contributed by atoms with Crippen molar-refractivity contribution in [2.45, 2.75) is 45.2 Å². The van der Waals surface area contributed by atoms with Crippen molar-refractivity contribution in [1.82, 2.24) is 9.78 Å². The highest BCUT2D eigenvalue weighted by atomic mass is 16.5. The molecule has 1 aliphatic rings. The molecule has 1 aromatic rings. The molecule has 0 spiro atoms. The van der Waals surface area contributed by atoms with E-state index in [4.69, 9.17) is 10.5 Å². The van der Waals surface area contributed by atoms with Crippen molar-refractivity contribution in [2.75, 3.05) is 7.11 Å². The van der Waals surface area contributed by atoms with Crippen LogP contribution < -0.4 is 10.5 Å². The Balaban J connectivity index is 2.37. The monoisotopic (exact) mass is 209 g/mol. The fourth-order valence-corrected chi connectivity index (χ4v) is 2.41. The maximum Gasteiger partial charge on any atom is 0.216 e. The summed E-state index contributed by atoms with van der Waals surface area (Å²) in [7, 11) is 1.70. The van der Waals surface area contributed by atoms with Gasteiger partial charge in [0.1, 0.15) is 0 Å². The zero-order valence-electron chi connectivity index (χ0n) is 9.49. The predicted octanol–water partition coefficient (Wildman–Crippen LogP) is 1.77. The zero-order chi connectivity index (χ0) is 10.8. The van der Waals surface area contributed by atoms with Crippen LogP contribution in [0.2, 0.25) is 0 Å². The maximum atomic E-state index is 5.71. The van der Waals surface area contributed by atoms with Gasteiger partial charge in [-0.25, -0.2) is 4.68 Å². The number of ether oxygens (including phenoxy) is 1. The number of nitrogens with zero attached hydrogens (tertiary/aromatic N) is 2. The molecule has 0 aromatic carbocycles. The molecular weight excluding hydrogens is 190 g/mol. The summed E-state index contributed by atoms with van der Waals surface area (Å²) in [6.45, 7) is 2.50. The van der Waals surface area contributed by atoms with Gasteiger partial charge in [0.25, 0.3) is 0 Å². The Morgan fingerprint density at radius 3 is 2.67 bits per heavy atom. The van der Waals surface area contributed by atoms with Gasteiger partial charge in [-0.15, -0.1) is 0 Å². The summed E-state index contributed by atoms with van der Waals surface area (Å²) in [5.41, 5.74) is 7.75. The minimum absolute atomic E-state index is 0.502. The number of hydrogen-bond acceptors (Lipinski definition) is 3. The van der Waals surface area contributed by atoms with Crippen molar-refractivity contribution >= 4 is 0 Å². The summed E-state index contributed by atoms with van der Waals surface area (Å²) >= 11 is 0. The van der Waals surface area contributed by atoms with Crippen molar-refractivity contribution in [3.05, 3.63) is 11.3 Å². The summed E-state index contributed by atoms with van der Waals surface area (Å²) in [5, 5.41) is 4.55. The van der Waals surface area contributed by atoms with E-state index < -0.39 is 0 Å². The van der Waals surface area contributed by atoms with Crippen molar-refractivity contribution in [2.24, 2.45) is 5.73 Å². The number of hydrogen-bond donors (Lipinski definition) is 1. The minimum atomic E-state index is 0.502. The van der Waals surface area contributed by atoms with Crippen LogP contribution >= 0.6 is 0 Å². The molecule has 2 rings (SSSR count). The summed E-state index contributed by atoms with van der Waals surface area (Å²) in [4.78, 5) is 0. The summed E-state index contributed by atoms with van der Waals surface area (Å²) in [5.74, 6) is 0.863. The molecule has 4 nitrogen and oxygen atoms in total. The molecule has 0 bridgehead atoms. The zero-order valence-corrected chi connectivity index (χ0v) is 9.49. The van der Waals surface area contributed by atoms with Gasteiger partial charge in [0.2, 0.25) is 5.88 Å². The lowest BCUT2D eigenvalue weighted by molar-refractivity contribution is 0.328. The summed E-state index contributed by atoms with van der Waals surface area (Å²) in [6.07, 6.45) is 5.01. The molecular formula is C11H19N3O. The van der Waals surface area contributed by atoms with Crippen LogP contribution in [0, 0.1) is 6.92 Å². The highest BCUT2D eigenvalue weighted by Crippen LogP contribution is 2.34. The maximum absolute atomic E-state index is 5.71. The van der Waals surface area contributed by atoms with Crippen LogP contribution in [-0.2, 0) is 6.54 Å². The smallest absolute Gasteiger partial charge is 0.216 e. The van der Waals surface area contributed by atoms with Crippen LogP contribution in [0.1, 0.15) is 43.0 Å². The van der Waals surface area contributed by atoms with E-state index in [0.29, 0.717) is 12.6 Å². The van der Waals surface area contributed by atoms with Gasteiger partial charge in [-0.3, -0.25) is 0 Å². The van der Waals surface area contributed by atoms with Crippen LogP contribution in [0.4, 0.5) is 0 Å². The van der Waals surface area contributed by atoms with E-state index in [0.717, 1.165) is 17.1 Å². The molecule has 0 unspecified atom stereocenters. The first-order valence-corrected chi connectivity index (χ1v) is 5.60. The Morgan fingerprint density at radius 2 is 2.13 bits per heavy atom. The van der Waals surface area contributed by atoms with Crippen molar-refractivity contribution < 1.29 is 4.74 Å². The third kappa shape index (κ3) is 1.74. The van der Waals surface area contributed by atoms with Gasteiger partial charge in [-0.1, -0.05) is 12.8 Å². The van der Waals surface area contributed by atoms with E-state index >= 15 is 0 Å². The molecule has 1 aliphatic carbocycles. The number of rotatable bonds is 3. The van der Waals surface area contributed by atoms with Gasteiger partial charge in [0, 0.05) is 6.54 Å². The van der Waals surface area contributed by atoms with Gasteiger partial charge < -0.3 is 10.5 Å². The minimum Gasteiger partial charge on any atom is -0.481 e. The van der Waals surface area contributed by atoms with Crippen molar-refractivity contribution in [1.29, 1.82) is 0 Å². The lowest BCUT2D eigenvalue weighted by atomic mass is 10.2. The number of aromatic nitrogens is 2. The molecule has 1 saturated carbocycles. The van der Waals surface area contributed by atoms with Crippen LogP contribution in [0.25, 0.3) is 0 Å². The Morgan fingerprint density at radius 1 is 1.47 bits per heavy atom. The second kappa shape index (κ2) is 4.23. The third-order valence-electron chi connectivity index (χ3n) is 3.23. The quantitative estimate of drug-likeness (QED) is 0.825. The topological polar surface area (TPSA) is 53.1 Å². The first-order valence-electron chi connectivity index (χ1n) is 5.60. The molecule has 0 radical (unpaired) electrons. The van der Waals surface area contributed by atoms with Crippen molar-refractivity contribution in [3.8, 4) is 5.88 Å². The van der Waals surface area contributed by atoms with Crippen LogP contribution in [0.3, 0.4) is 0 Å². The molecule has 0 aliphatic heterocycles. The summed E-state index contributed by atoms with van der Waals surface area (Å²) < 4.78 is 7.45. The molecule has 15 heavy (non-hydrogen) atoms. The normalized spacial score (nSPS) is 17.3. The molecule has 1 aromatic heterocycles. The molecule has 2 N–H and O–H groups in total. The number of nitrogens with two attached hydrogens (primary N) is 1. The van der Waals surface area contributed by atoms with Crippen LogP contribution in [0.5, 0.6) is 5.88 Å². The molecule has 1 fully saturated rings. The van der Waals surface area contributed by atoms with E-state index in [2.05, 4.69) is 5.10 Å². The average molecular weight is 209 g/mol. The summed E-state index contributed by atoms with van der Waals surface area (Å²) in [6, 6.07) is 0.513. The molecule has 0 atom stereocenters. The Bertz CT molecular complexity index is 340. The molecule has 0 saturated heterocycles. The molecule has 0 amide bonds. The molecule has 4 heteroatoms. The van der Waals surface area contributed by atoms with Gasteiger partial charge in [-0.2, -0.15) is 5.10 Å². The fraction of sp³-hybridized carbons (Fsp3) is 0.727. The van der Waals surface area contributed by atoms with Crippen molar-refractivity contribution in [3.63, 3.8) is 0 Å². The fourth-order valence-electron chi connectivity index (χ4n) is 2.41. The van der Waals surface area contributed by atoms with E-state index in [-0.39, 0.29) is 0 Å². The largest absolute Gasteiger partial charge is 0.481 e. The number of methoxy groups -OCH3 is 1. The number of aryl methyl sites for hydroxylation is 1. The van der Waals surface area contributed by atoms with E-state index in [1.807, 2.05) is 11.6 Å². The first kappa shape index (κ1) is 10.5. The third-order valence-corrected chi connectivity index (χ3v) is 3.23. The van der Waals surface area contributed by atoms with E-state index in [9.17, 15) is 0 Å². The second-order valence-corrected chi connectivity index (χ2v) is 4.16. The van der Waals surface area contributed by atoms with Gasteiger partial charge in [-0.05, 0) is 19.8 Å². The van der Waals surface area contributed by atoms with Gasteiger partial charge in [0.15, 0.2) is 0 Å². The van der Waals surface area contributed by atoms with Crippen LogP contribution in [0.15, 0.2) is 0 Å². The van der Waals surface area contributed by atoms with Crippen LogP contribution in [-0.4, -0.2) is 16.9 Å². The SMILES string of the molecule is COc1c(CN)c(C)nn1C1CCCC1. The lowest BCUT2D eigenvalue weighted by Crippen LogP contribution is -2.09. The van der Waals surface area contributed by atoms with E-state index in [1.165, 1.54) is 25.7 Å².